The maximum absolute atomic E-state index is 5.85. The van der Waals surface area contributed by atoms with E-state index >= 15 is 0 Å². The van der Waals surface area contributed by atoms with E-state index in [9.17, 15) is 0 Å². The highest BCUT2D eigenvalue weighted by molar-refractivity contribution is 5.65. The Bertz CT molecular complexity index is 565. The highest BCUT2D eigenvalue weighted by Crippen LogP contribution is 2.34. The van der Waals surface area contributed by atoms with E-state index < -0.39 is 0 Å². The smallest absolute Gasteiger partial charge is 0.0568 e. The van der Waals surface area contributed by atoms with Crippen LogP contribution in [0.1, 0.15) is 45.1 Å². The molecule has 0 bridgehead atoms. The summed E-state index contributed by atoms with van der Waals surface area (Å²) in [5.74, 6) is 0.926. The number of aromatic nitrogens is 2. The second-order valence-corrected chi connectivity index (χ2v) is 5.92. The lowest BCUT2D eigenvalue weighted by molar-refractivity contribution is 0.256. The molecule has 0 spiro atoms. The third kappa shape index (κ3) is 2.72. The molecule has 1 aromatic carbocycles. The molecular weight excluding hydrogens is 246 g/mol. The molecular formula is C17H23N3. The Morgan fingerprint density at radius 1 is 1.20 bits per heavy atom. The van der Waals surface area contributed by atoms with Crippen LogP contribution in [-0.2, 0) is 0 Å². The number of anilines is 1. The molecule has 2 aromatic rings. The zero-order chi connectivity index (χ0) is 13.9. The molecule has 1 aromatic heterocycles. The molecule has 1 aliphatic rings. The van der Waals surface area contributed by atoms with Crippen molar-refractivity contribution in [3.05, 3.63) is 36.7 Å². The van der Waals surface area contributed by atoms with Gasteiger partial charge < -0.3 is 5.73 Å². The molecule has 0 atom stereocenters. The Hall–Kier alpha value is -1.77. The van der Waals surface area contributed by atoms with Gasteiger partial charge in [-0.25, -0.2) is 0 Å². The van der Waals surface area contributed by atoms with Crippen LogP contribution in [0, 0.1) is 5.92 Å². The second-order valence-electron chi connectivity index (χ2n) is 5.92. The van der Waals surface area contributed by atoms with Crippen LogP contribution >= 0.6 is 0 Å². The quantitative estimate of drug-likeness (QED) is 0.845. The van der Waals surface area contributed by atoms with E-state index in [2.05, 4.69) is 29.0 Å². The average Bonchev–Trinajstić information content (AvgIpc) is 2.97. The van der Waals surface area contributed by atoms with Crippen molar-refractivity contribution in [2.45, 2.75) is 45.1 Å². The molecule has 1 aliphatic carbocycles. The number of hydrogen-bond acceptors (Lipinski definition) is 2. The van der Waals surface area contributed by atoms with Gasteiger partial charge in [0.1, 0.15) is 0 Å². The molecule has 0 saturated heterocycles. The minimum absolute atomic E-state index is 0.576. The number of nitrogens with two attached hydrogens (primary N) is 1. The lowest BCUT2D eigenvalue weighted by Crippen LogP contribution is -2.18. The van der Waals surface area contributed by atoms with Gasteiger partial charge in [0.2, 0.25) is 0 Å². The predicted octanol–water partition coefficient (Wildman–Crippen LogP) is 4.27. The van der Waals surface area contributed by atoms with Crippen LogP contribution in [0.2, 0.25) is 0 Å². The SMILES string of the molecule is CCC1CCC(n2cc(-c3cccc(N)c3)cn2)CC1. The highest BCUT2D eigenvalue weighted by atomic mass is 15.3. The Labute approximate surface area is 120 Å². The molecule has 1 fully saturated rings. The van der Waals surface area contributed by atoms with Gasteiger partial charge in [-0.05, 0) is 49.3 Å². The van der Waals surface area contributed by atoms with Crippen molar-refractivity contribution in [2.75, 3.05) is 5.73 Å². The molecule has 0 amide bonds. The molecule has 0 unspecified atom stereocenters. The van der Waals surface area contributed by atoms with E-state index in [1.165, 1.54) is 32.1 Å². The fraction of sp³-hybridized carbons (Fsp3) is 0.471. The molecule has 3 rings (SSSR count). The maximum Gasteiger partial charge on any atom is 0.0568 e. The minimum Gasteiger partial charge on any atom is -0.399 e. The third-order valence-corrected chi connectivity index (χ3v) is 4.59. The summed E-state index contributed by atoms with van der Waals surface area (Å²) in [6, 6.07) is 8.59. The molecule has 2 N–H and O–H groups in total. The largest absolute Gasteiger partial charge is 0.399 e. The summed E-state index contributed by atoms with van der Waals surface area (Å²) >= 11 is 0. The molecule has 3 heteroatoms. The lowest BCUT2D eigenvalue weighted by atomic mass is 9.85. The van der Waals surface area contributed by atoms with Gasteiger partial charge in [-0.15, -0.1) is 0 Å². The summed E-state index contributed by atoms with van der Waals surface area (Å²) in [6.45, 7) is 2.30. The molecule has 1 heterocycles. The summed E-state index contributed by atoms with van der Waals surface area (Å²) in [6.07, 6.45) is 10.7. The Morgan fingerprint density at radius 2 is 2.00 bits per heavy atom. The Morgan fingerprint density at radius 3 is 2.70 bits per heavy atom. The van der Waals surface area contributed by atoms with Crippen molar-refractivity contribution >= 4 is 5.69 Å². The van der Waals surface area contributed by atoms with Crippen LogP contribution in [0.25, 0.3) is 11.1 Å². The first-order chi connectivity index (χ1) is 9.76. The normalized spacial score (nSPS) is 22.9. The monoisotopic (exact) mass is 269 g/mol. The standard InChI is InChI=1S/C17H23N3/c1-2-13-6-8-17(9-7-13)20-12-15(11-19-20)14-4-3-5-16(18)10-14/h3-5,10-13,17H,2,6-9,18H2,1H3. The second kappa shape index (κ2) is 5.70. The van der Waals surface area contributed by atoms with Crippen molar-refractivity contribution in [1.82, 2.24) is 9.78 Å². The topological polar surface area (TPSA) is 43.8 Å². The summed E-state index contributed by atoms with van der Waals surface area (Å²) in [5, 5.41) is 4.57. The van der Waals surface area contributed by atoms with Gasteiger partial charge in [-0.3, -0.25) is 4.68 Å². The van der Waals surface area contributed by atoms with Gasteiger partial charge in [0.25, 0.3) is 0 Å². The molecule has 0 aliphatic heterocycles. The lowest BCUT2D eigenvalue weighted by Gasteiger charge is -2.27. The van der Waals surface area contributed by atoms with Gasteiger partial charge in [0.05, 0.1) is 12.2 Å². The molecule has 20 heavy (non-hydrogen) atoms. The van der Waals surface area contributed by atoms with Crippen LogP contribution in [0.15, 0.2) is 36.7 Å². The summed E-state index contributed by atoms with van der Waals surface area (Å²) in [5.41, 5.74) is 8.97. The van der Waals surface area contributed by atoms with Gasteiger partial charge >= 0.3 is 0 Å². The van der Waals surface area contributed by atoms with E-state index in [1.54, 1.807) is 0 Å². The number of nitrogen functional groups attached to an aromatic ring is 1. The summed E-state index contributed by atoms with van der Waals surface area (Å²) < 4.78 is 2.16. The van der Waals surface area contributed by atoms with Gasteiger partial charge in [0, 0.05) is 17.4 Å². The van der Waals surface area contributed by atoms with E-state index in [0.717, 1.165) is 22.7 Å². The first kappa shape index (κ1) is 13.2. The fourth-order valence-corrected chi connectivity index (χ4v) is 3.22. The predicted molar refractivity (Wildman–Crippen MR) is 83.4 cm³/mol. The zero-order valence-electron chi connectivity index (χ0n) is 12.1. The average molecular weight is 269 g/mol. The maximum atomic E-state index is 5.85. The first-order valence-corrected chi connectivity index (χ1v) is 7.66. The van der Waals surface area contributed by atoms with Crippen molar-refractivity contribution in [3.63, 3.8) is 0 Å². The fourth-order valence-electron chi connectivity index (χ4n) is 3.22. The first-order valence-electron chi connectivity index (χ1n) is 7.66. The molecule has 1 saturated carbocycles. The van der Waals surface area contributed by atoms with E-state index in [-0.39, 0.29) is 0 Å². The van der Waals surface area contributed by atoms with Crippen molar-refractivity contribution < 1.29 is 0 Å². The van der Waals surface area contributed by atoms with E-state index in [0.29, 0.717) is 6.04 Å². The number of hydrogen-bond donors (Lipinski definition) is 1. The Kier molecular flexibility index (Phi) is 3.77. The minimum atomic E-state index is 0.576. The Balaban J connectivity index is 1.74. The molecule has 0 radical (unpaired) electrons. The van der Waals surface area contributed by atoms with Crippen molar-refractivity contribution in [1.29, 1.82) is 0 Å². The van der Waals surface area contributed by atoms with Crippen LogP contribution in [0.5, 0.6) is 0 Å². The van der Waals surface area contributed by atoms with Crippen LogP contribution < -0.4 is 5.73 Å². The number of rotatable bonds is 3. The van der Waals surface area contributed by atoms with Crippen molar-refractivity contribution in [2.24, 2.45) is 5.92 Å². The molecule has 106 valence electrons. The van der Waals surface area contributed by atoms with Crippen LogP contribution in [0.3, 0.4) is 0 Å². The highest BCUT2D eigenvalue weighted by Gasteiger charge is 2.21. The number of nitrogens with zero attached hydrogens (tertiary/aromatic N) is 2. The van der Waals surface area contributed by atoms with E-state index in [4.69, 9.17) is 5.73 Å². The summed E-state index contributed by atoms with van der Waals surface area (Å²) in [4.78, 5) is 0. The van der Waals surface area contributed by atoms with Crippen LogP contribution in [-0.4, -0.2) is 9.78 Å². The van der Waals surface area contributed by atoms with Gasteiger partial charge in [-0.1, -0.05) is 25.5 Å². The zero-order valence-corrected chi connectivity index (χ0v) is 12.1. The van der Waals surface area contributed by atoms with Crippen molar-refractivity contribution in [3.8, 4) is 11.1 Å². The van der Waals surface area contributed by atoms with Gasteiger partial charge in [-0.2, -0.15) is 5.10 Å². The third-order valence-electron chi connectivity index (χ3n) is 4.59. The number of benzene rings is 1. The summed E-state index contributed by atoms with van der Waals surface area (Å²) in [7, 11) is 0. The van der Waals surface area contributed by atoms with Crippen LogP contribution in [0.4, 0.5) is 5.69 Å². The molecule has 3 nitrogen and oxygen atoms in total. The van der Waals surface area contributed by atoms with E-state index in [1.807, 2.05) is 24.4 Å². The van der Waals surface area contributed by atoms with Gasteiger partial charge in [0.15, 0.2) is 0 Å².